The first-order valence-corrected chi connectivity index (χ1v) is 8.79. The maximum atomic E-state index is 12.2. The lowest BCUT2D eigenvalue weighted by Crippen LogP contribution is -2.34. The molecule has 130 valence electrons. The van der Waals surface area contributed by atoms with E-state index in [0.717, 1.165) is 37.2 Å². The Morgan fingerprint density at radius 1 is 1.13 bits per heavy atom. The molecule has 0 fully saturated rings. The molecule has 3 nitrogen and oxygen atoms in total. The van der Waals surface area contributed by atoms with Crippen molar-refractivity contribution >= 4 is 5.91 Å². The summed E-state index contributed by atoms with van der Waals surface area (Å²) in [5, 5.41) is 0. The standard InChI is InChI=1S/C20H33NO2/c1-8-11-16-13-17(20(5,6)7)12-15(4)19(16)23-14-18(22)21(9-2)10-3/h12-13H,8-11,14H2,1-7H3. The molecule has 0 bridgehead atoms. The van der Waals surface area contributed by atoms with E-state index < -0.39 is 0 Å². The summed E-state index contributed by atoms with van der Waals surface area (Å²) >= 11 is 0. The number of nitrogens with zero attached hydrogens (tertiary/aromatic N) is 1. The van der Waals surface area contributed by atoms with Crippen LogP contribution in [0.25, 0.3) is 0 Å². The summed E-state index contributed by atoms with van der Waals surface area (Å²) in [5.74, 6) is 0.942. The molecule has 1 aromatic rings. The van der Waals surface area contributed by atoms with Crippen LogP contribution in [0.4, 0.5) is 0 Å². The molecular weight excluding hydrogens is 286 g/mol. The summed E-state index contributed by atoms with van der Waals surface area (Å²) in [6.07, 6.45) is 2.03. The van der Waals surface area contributed by atoms with Gasteiger partial charge in [0.2, 0.25) is 0 Å². The molecule has 0 aliphatic heterocycles. The van der Waals surface area contributed by atoms with Gasteiger partial charge in [0.15, 0.2) is 6.61 Å². The molecule has 1 rings (SSSR count). The molecule has 0 aromatic heterocycles. The van der Waals surface area contributed by atoms with Crippen molar-refractivity contribution < 1.29 is 9.53 Å². The van der Waals surface area contributed by atoms with E-state index in [9.17, 15) is 4.79 Å². The molecule has 0 saturated carbocycles. The van der Waals surface area contributed by atoms with Crippen LogP contribution < -0.4 is 4.74 Å². The van der Waals surface area contributed by atoms with Crippen LogP contribution in [0.15, 0.2) is 12.1 Å². The number of rotatable bonds is 7. The van der Waals surface area contributed by atoms with Gasteiger partial charge in [0.1, 0.15) is 5.75 Å². The summed E-state index contributed by atoms with van der Waals surface area (Å²) in [6, 6.07) is 4.43. The molecule has 0 spiro atoms. The number of carbonyl (C=O) groups excluding carboxylic acids is 1. The van der Waals surface area contributed by atoms with Crippen molar-refractivity contribution in [2.45, 2.75) is 66.7 Å². The minimum Gasteiger partial charge on any atom is -0.483 e. The first-order valence-electron chi connectivity index (χ1n) is 8.79. The fourth-order valence-electron chi connectivity index (χ4n) is 2.74. The van der Waals surface area contributed by atoms with Crippen molar-refractivity contribution in [1.29, 1.82) is 0 Å². The van der Waals surface area contributed by atoms with Crippen molar-refractivity contribution in [3.05, 3.63) is 28.8 Å². The lowest BCUT2D eigenvalue weighted by atomic mass is 9.84. The number of benzene rings is 1. The molecule has 0 N–H and O–H groups in total. The van der Waals surface area contributed by atoms with E-state index >= 15 is 0 Å². The van der Waals surface area contributed by atoms with Gasteiger partial charge in [-0.1, -0.05) is 46.2 Å². The Morgan fingerprint density at radius 2 is 1.74 bits per heavy atom. The van der Waals surface area contributed by atoms with Crippen LogP contribution >= 0.6 is 0 Å². The zero-order valence-corrected chi connectivity index (χ0v) is 16.0. The Balaban J connectivity index is 3.03. The molecule has 0 saturated heterocycles. The second-order valence-electron chi connectivity index (χ2n) is 7.14. The van der Waals surface area contributed by atoms with Gasteiger partial charge in [0.05, 0.1) is 0 Å². The van der Waals surface area contributed by atoms with Gasteiger partial charge in [0, 0.05) is 13.1 Å². The van der Waals surface area contributed by atoms with Crippen molar-refractivity contribution in [2.24, 2.45) is 0 Å². The molecule has 1 amide bonds. The molecule has 0 aliphatic rings. The fourth-order valence-corrected chi connectivity index (χ4v) is 2.74. The molecule has 1 aromatic carbocycles. The largest absolute Gasteiger partial charge is 0.483 e. The van der Waals surface area contributed by atoms with E-state index in [1.807, 2.05) is 13.8 Å². The SMILES string of the molecule is CCCc1cc(C(C)(C)C)cc(C)c1OCC(=O)N(CC)CC. The van der Waals surface area contributed by atoms with Gasteiger partial charge in [-0.15, -0.1) is 0 Å². The van der Waals surface area contributed by atoms with Gasteiger partial charge in [0.25, 0.3) is 5.91 Å². The zero-order chi connectivity index (χ0) is 17.6. The van der Waals surface area contributed by atoms with E-state index in [1.165, 1.54) is 11.1 Å². The first kappa shape index (κ1) is 19.5. The van der Waals surface area contributed by atoms with Crippen LogP contribution in [-0.2, 0) is 16.6 Å². The Labute approximate surface area is 142 Å². The summed E-state index contributed by atoms with van der Waals surface area (Å²) in [4.78, 5) is 14.0. The minimum atomic E-state index is 0.0525. The van der Waals surface area contributed by atoms with Gasteiger partial charge in [-0.3, -0.25) is 4.79 Å². The predicted molar refractivity (Wildman–Crippen MR) is 97.3 cm³/mol. The number of ether oxygens (including phenoxy) is 1. The average molecular weight is 319 g/mol. The van der Waals surface area contributed by atoms with E-state index in [-0.39, 0.29) is 17.9 Å². The van der Waals surface area contributed by atoms with Gasteiger partial charge in [-0.05, 0) is 49.3 Å². The maximum Gasteiger partial charge on any atom is 0.260 e. The minimum absolute atomic E-state index is 0.0525. The van der Waals surface area contributed by atoms with Gasteiger partial charge < -0.3 is 9.64 Å². The number of hydrogen-bond donors (Lipinski definition) is 0. The normalized spacial score (nSPS) is 11.4. The number of carbonyl (C=O) groups is 1. The molecule has 0 atom stereocenters. The second kappa shape index (κ2) is 8.37. The van der Waals surface area contributed by atoms with Crippen LogP contribution in [0, 0.1) is 6.92 Å². The Bertz CT molecular complexity index is 525. The highest BCUT2D eigenvalue weighted by molar-refractivity contribution is 5.77. The third-order valence-electron chi connectivity index (χ3n) is 4.19. The van der Waals surface area contributed by atoms with Crippen LogP contribution in [0.3, 0.4) is 0 Å². The highest BCUT2D eigenvalue weighted by Crippen LogP contribution is 2.32. The van der Waals surface area contributed by atoms with Crippen molar-refractivity contribution in [3.63, 3.8) is 0 Å². The monoisotopic (exact) mass is 319 g/mol. The Kier molecular flexibility index (Phi) is 7.11. The smallest absolute Gasteiger partial charge is 0.260 e. The molecule has 23 heavy (non-hydrogen) atoms. The van der Waals surface area contributed by atoms with E-state index in [0.29, 0.717) is 0 Å². The van der Waals surface area contributed by atoms with Crippen LogP contribution in [0.5, 0.6) is 5.75 Å². The molecular formula is C20H33NO2. The molecule has 0 heterocycles. The second-order valence-corrected chi connectivity index (χ2v) is 7.14. The molecule has 0 radical (unpaired) electrons. The third kappa shape index (κ3) is 5.26. The summed E-state index contributed by atoms with van der Waals surface area (Å²) in [5.41, 5.74) is 3.77. The lowest BCUT2D eigenvalue weighted by Gasteiger charge is -2.24. The molecule has 3 heteroatoms. The number of hydrogen-bond acceptors (Lipinski definition) is 2. The third-order valence-corrected chi connectivity index (χ3v) is 4.19. The quantitative estimate of drug-likeness (QED) is 0.741. The lowest BCUT2D eigenvalue weighted by molar-refractivity contribution is -0.132. The van der Waals surface area contributed by atoms with Crippen LogP contribution in [0.1, 0.15) is 64.7 Å². The van der Waals surface area contributed by atoms with Crippen molar-refractivity contribution in [2.75, 3.05) is 19.7 Å². The summed E-state index contributed by atoms with van der Waals surface area (Å²) in [6.45, 7) is 16.5. The number of likely N-dealkylation sites (N-methyl/N-ethyl adjacent to an activating group) is 1. The summed E-state index contributed by atoms with van der Waals surface area (Å²) < 4.78 is 5.94. The van der Waals surface area contributed by atoms with Gasteiger partial charge in [-0.2, -0.15) is 0 Å². The summed E-state index contributed by atoms with van der Waals surface area (Å²) in [7, 11) is 0. The molecule has 0 aliphatic carbocycles. The van der Waals surface area contributed by atoms with Crippen molar-refractivity contribution in [1.82, 2.24) is 4.90 Å². The number of aryl methyl sites for hydroxylation is 2. The fraction of sp³-hybridized carbons (Fsp3) is 0.650. The topological polar surface area (TPSA) is 29.5 Å². The number of amides is 1. The van der Waals surface area contributed by atoms with E-state index in [2.05, 4.69) is 46.8 Å². The predicted octanol–water partition coefficient (Wildman–Crippen LogP) is 4.49. The maximum absolute atomic E-state index is 12.2. The highest BCUT2D eigenvalue weighted by atomic mass is 16.5. The van der Waals surface area contributed by atoms with E-state index in [4.69, 9.17) is 4.74 Å². The Morgan fingerprint density at radius 3 is 2.22 bits per heavy atom. The average Bonchev–Trinajstić information content (AvgIpc) is 2.46. The molecule has 0 unspecified atom stereocenters. The van der Waals surface area contributed by atoms with Crippen LogP contribution in [0.2, 0.25) is 0 Å². The zero-order valence-electron chi connectivity index (χ0n) is 16.0. The first-order chi connectivity index (χ1) is 10.7. The van der Waals surface area contributed by atoms with Gasteiger partial charge in [-0.25, -0.2) is 0 Å². The Hall–Kier alpha value is -1.51. The highest BCUT2D eigenvalue weighted by Gasteiger charge is 2.19. The van der Waals surface area contributed by atoms with Gasteiger partial charge >= 0.3 is 0 Å². The van der Waals surface area contributed by atoms with Crippen molar-refractivity contribution in [3.8, 4) is 5.75 Å². The van der Waals surface area contributed by atoms with E-state index in [1.54, 1.807) is 4.90 Å². The van der Waals surface area contributed by atoms with Crippen LogP contribution in [-0.4, -0.2) is 30.5 Å².